The van der Waals surface area contributed by atoms with Gasteiger partial charge in [-0.3, -0.25) is 4.90 Å². The molecule has 0 spiro atoms. The number of hydrogen-bond acceptors (Lipinski definition) is 3. The van der Waals surface area contributed by atoms with Gasteiger partial charge in [0.05, 0.1) is 6.33 Å². The fourth-order valence-corrected chi connectivity index (χ4v) is 3.03. The molecule has 1 aliphatic heterocycles. The van der Waals surface area contributed by atoms with E-state index in [4.69, 9.17) is 0 Å². The van der Waals surface area contributed by atoms with Gasteiger partial charge < -0.3 is 9.67 Å². The Labute approximate surface area is 126 Å². The van der Waals surface area contributed by atoms with E-state index < -0.39 is 0 Å². The van der Waals surface area contributed by atoms with E-state index in [0.29, 0.717) is 0 Å². The van der Waals surface area contributed by atoms with Gasteiger partial charge in [0, 0.05) is 37.1 Å². The van der Waals surface area contributed by atoms with E-state index in [0.717, 1.165) is 18.8 Å². The Morgan fingerprint density at radius 2 is 1.81 bits per heavy atom. The lowest BCUT2D eigenvalue weighted by molar-refractivity contribution is -0.0233. The van der Waals surface area contributed by atoms with Crippen molar-refractivity contribution in [3.05, 3.63) is 48.5 Å². The van der Waals surface area contributed by atoms with Crippen LogP contribution in [0.2, 0.25) is 0 Å². The molecule has 1 aromatic carbocycles. The molecule has 112 valence electrons. The fraction of sp³-hybridized carbons (Fsp3) is 0.471. The molecule has 3 rings (SSSR count). The van der Waals surface area contributed by atoms with E-state index in [1.165, 1.54) is 24.8 Å². The molecule has 4 nitrogen and oxygen atoms in total. The van der Waals surface area contributed by atoms with Crippen LogP contribution >= 0.6 is 0 Å². The van der Waals surface area contributed by atoms with Gasteiger partial charge in [0.25, 0.3) is 0 Å². The predicted molar refractivity (Wildman–Crippen MR) is 83.4 cm³/mol. The standard InChI is InChI=1S/C17H23N3O/c1-14(17(21)19-10-3-2-4-11-19)15-5-7-16(8-6-15)20-12-9-18-13-20/h5-9,12-14,17,21H,2-4,10-11H2,1H3. The third-order valence-corrected chi connectivity index (χ3v) is 4.43. The summed E-state index contributed by atoms with van der Waals surface area (Å²) in [4.78, 5) is 6.27. The van der Waals surface area contributed by atoms with Gasteiger partial charge in [-0.1, -0.05) is 25.5 Å². The van der Waals surface area contributed by atoms with Crippen LogP contribution < -0.4 is 0 Å². The van der Waals surface area contributed by atoms with Crippen LogP contribution in [-0.4, -0.2) is 38.9 Å². The third kappa shape index (κ3) is 3.17. The molecule has 2 heterocycles. The van der Waals surface area contributed by atoms with Crippen LogP contribution in [0.15, 0.2) is 43.0 Å². The number of aliphatic hydroxyl groups excluding tert-OH is 1. The number of benzene rings is 1. The van der Waals surface area contributed by atoms with Crippen molar-refractivity contribution in [1.29, 1.82) is 0 Å². The van der Waals surface area contributed by atoms with Gasteiger partial charge in [0.2, 0.25) is 0 Å². The quantitative estimate of drug-likeness (QED) is 0.939. The zero-order valence-corrected chi connectivity index (χ0v) is 12.5. The van der Waals surface area contributed by atoms with Crippen LogP contribution in [0.1, 0.15) is 37.7 Å². The maximum atomic E-state index is 10.6. The summed E-state index contributed by atoms with van der Waals surface area (Å²) in [5.41, 5.74) is 2.27. The number of likely N-dealkylation sites (tertiary alicyclic amines) is 1. The average Bonchev–Trinajstić information content (AvgIpc) is 3.09. The van der Waals surface area contributed by atoms with E-state index in [1.54, 1.807) is 12.5 Å². The van der Waals surface area contributed by atoms with Gasteiger partial charge in [0.1, 0.15) is 6.23 Å². The summed E-state index contributed by atoms with van der Waals surface area (Å²) in [5.74, 6) is 0.125. The average molecular weight is 285 g/mol. The molecule has 21 heavy (non-hydrogen) atoms. The SMILES string of the molecule is CC(c1ccc(-n2ccnc2)cc1)C(O)N1CCCCC1. The summed E-state index contributed by atoms with van der Waals surface area (Å²) < 4.78 is 1.98. The lowest BCUT2D eigenvalue weighted by Crippen LogP contribution is -2.42. The third-order valence-electron chi connectivity index (χ3n) is 4.43. The van der Waals surface area contributed by atoms with Gasteiger partial charge >= 0.3 is 0 Å². The van der Waals surface area contributed by atoms with Crippen LogP contribution in [0.5, 0.6) is 0 Å². The van der Waals surface area contributed by atoms with Crippen molar-refractivity contribution >= 4 is 0 Å². The molecule has 1 saturated heterocycles. The van der Waals surface area contributed by atoms with Crippen molar-refractivity contribution in [3.63, 3.8) is 0 Å². The minimum Gasteiger partial charge on any atom is -0.378 e. The lowest BCUT2D eigenvalue weighted by atomic mass is 9.97. The number of hydrogen-bond donors (Lipinski definition) is 1. The van der Waals surface area contributed by atoms with Crippen molar-refractivity contribution in [2.24, 2.45) is 0 Å². The van der Waals surface area contributed by atoms with Gasteiger partial charge in [-0.25, -0.2) is 4.98 Å². The van der Waals surface area contributed by atoms with Crippen LogP contribution in [0.4, 0.5) is 0 Å². The van der Waals surface area contributed by atoms with Crippen molar-refractivity contribution in [3.8, 4) is 5.69 Å². The topological polar surface area (TPSA) is 41.3 Å². The van der Waals surface area contributed by atoms with Crippen LogP contribution in [0.3, 0.4) is 0 Å². The second-order valence-corrected chi connectivity index (χ2v) is 5.86. The first-order valence-corrected chi connectivity index (χ1v) is 7.76. The summed E-state index contributed by atoms with van der Waals surface area (Å²) >= 11 is 0. The molecule has 1 fully saturated rings. The maximum absolute atomic E-state index is 10.6. The molecule has 2 unspecified atom stereocenters. The second-order valence-electron chi connectivity index (χ2n) is 5.86. The Kier molecular flexibility index (Phi) is 4.36. The molecule has 1 aliphatic rings. The van der Waals surface area contributed by atoms with Crippen molar-refractivity contribution in [2.45, 2.75) is 38.3 Å². The Morgan fingerprint density at radius 1 is 1.10 bits per heavy atom. The zero-order chi connectivity index (χ0) is 14.7. The lowest BCUT2D eigenvalue weighted by Gasteiger charge is -2.34. The predicted octanol–water partition coefficient (Wildman–Crippen LogP) is 2.78. The molecule has 2 atom stereocenters. The van der Waals surface area contributed by atoms with Crippen molar-refractivity contribution in [1.82, 2.24) is 14.5 Å². The molecule has 0 amide bonds. The second kappa shape index (κ2) is 6.41. The Balaban J connectivity index is 1.70. The summed E-state index contributed by atoms with van der Waals surface area (Å²) in [6, 6.07) is 8.37. The van der Waals surface area contributed by atoms with E-state index in [-0.39, 0.29) is 12.1 Å². The molecule has 0 radical (unpaired) electrons. The largest absolute Gasteiger partial charge is 0.378 e. The number of imidazole rings is 1. The Bertz CT molecular complexity index is 544. The number of piperidine rings is 1. The van der Waals surface area contributed by atoms with Crippen molar-refractivity contribution < 1.29 is 5.11 Å². The van der Waals surface area contributed by atoms with Gasteiger partial charge in [-0.2, -0.15) is 0 Å². The highest BCUT2D eigenvalue weighted by molar-refractivity contribution is 5.35. The maximum Gasteiger partial charge on any atom is 0.114 e. The normalized spacial score (nSPS) is 19.3. The highest BCUT2D eigenvalue weighted by Gasteiger charge is 2.24. The van der Waals surface area contributed by atoms with Crippen LogP contribution in [0.25, 0.3) is 5.69 Å². The molecular formula is C17H23N3O. The molecule has 4 heteroatoms. The molecular weight excluding hydrogens is 262 g/mol. The highest BCUT2D eigenvalue weighted by Crippen LogP contribution is 2.25. The number of aliphatic hydroxyl groups is 1. The van der Waals surface area contributed by atoms with E-state index in [2.05, 4.69) is 41.1 Å². The molecule has 2 aromatic rings. The number of aromatic nitrogens is 2. The summed E-state index contributed by atoms with van der Waals surface area (Å²) in [7, 11) is 0. The monoisotopic (exact) mass is 285 g/mol. The first-order chi connectivity index (χ1) is 10.3. The number of nitrogens with zero attached hydrogens (tertiary/aromatic N) is 3. The summed E-state index contributed by atoms with van der Waals surface area (Å²) in [6.07, 6.45) is 8.80. The molecule has 0 saturated carbocycles. The molecule has 0 aliphatic carbocycles. The summed E-state index contributed by atoms with van der Waals surface area (Å²) in [5, 5.41) is 10.6. The fourth-order valence-electron chi connectivity index (χ4n) is 3.03. The Hall–Kier alpha value is -1.65. The van der Waals surface area contributed by atoms with E-state index >= 15 is 0 Å². The van der Waals surface area contributed by atoms with Gasteiger partial charge in [-0.05, 0) is 30.5 Å². The highest BCUT2D eigenvalue weighted by atomic mass is 16.3. The minimum absolute atomic E-state index is 0.125. The van der Waals surface area contributed by atoms with E-state index in [1.807, 2.05) is 10.8 Å². The van der Waals surface area contributed by atoms with Gasteiger partial charge in [0.15, 0.2) is 0 Å². The summed E-state index contributed by atoms with van der Waals surface area (Å²) in [6.45, 7) is 4.13. The first-order valence-electron chi connectivity index (χ1n) is 7.76. The first kappa shape index (κ1) is 14.3. The smallest absolute Gasteiger partial charge is 0.114 e. The number of rotatable bonds is 4. The van der Waals surface area contributed by atoms with Crippen LogP contribution in [0, 0.1) is 0 Å². The van der Waals surface area contributed by atoms with E-state index in [9.17, 15) is 5.11 Å². The van der Waals surface area contributed by atoms with Gasteiger partial charge in [-0.15, -0.1) is 0 Å². The van der Waals surface area contributed by atoms with Crippen molar-refractivity contribution in [2.75, 3.05) is 13.1 Å². The Morgan fingerprint density at radius 3 is 2.43 bits per heavy atom. The molecule has 1 N–H and O–H groups in total. The van der Waals surface area contributed by atoms with Crippen LogP contribution in [-0.2, 0) is 0 Å². The molecule has 0 bridgehead atoms. The zero-order valence-electron chi connectivity index (χ0n) is 12.5. The minimum atomic E-state index is -0.385. The molecule has 1 aromatic heterocycles.